The molecule has 1 atom stereocenters. The average Bonchev–Trinajstić information content (AvgIpc) is 2.83. The fourth-order valence-corrected chi connectivity index (χ4v) is 5.45. The Bertz CT molecular complexity index is 1300. The first-order valence-corrected chi connectivity index (χ1v) is 12.8. The second-order valence-electron chi connectivity index (χ2n) is 9.39. The lowest BCUT2D eigenvalue weighted by molar-refractivity contribution is -0.122. The predicted molar refractivity (Wildman–Crippen MR) is 135 cm³/mol. The van der Waals surface area contributed by atoms with Gasteiger partial charge in [0, 0.05) is 5.69 Å². The van der Waals surface area contributed by atoms with E-state index in [0.29, 0.717) is 17.1 Å². The van der Waals surface area contributed by atoms with E-state index in [1.807, 2.05) is 43.3 Å². The lowest BCUT2D eigenvalue weighted by atomic mass is 9.86. The maximum atomic E-state index is 13.7. The first-order chi connectivity index (χ1) is 16.1. The number of anilines is 2. The van der Waals surface area contributed by atoms with E-state index in [1.165, 1.54) is 4.31 Å². The summed E-state index contributed by atoms with van der Waals surface area (Å²) in [6.07, 6.45) is -0.245. The molecule has 0 aromatic heterocycles. The quantitative estimate of drug-likeness (QED) is 0.551. The molecule has 0 unspecified atom stereocenters. The van der Waals surface area contributed by atoms with Gasteiger partial charge < -0.3 is 10.1 Å². The van der Waals surface area contributed by atoms with Crippen LogP contribution in [0, 0.1) is 0 Å². The largest absolute Gasteiger partial charge is 0.476 e. The Morgan fingerprint density at radius 3 is 2.38 bits per heavy atom. The van der Waals surface area contributed by atoms with Gasteiger partial charge in [0.25, 0.3) is 15.9 Å². The Kier molecular flexibility index (Phi) is 6.41. The van der Waals surface area contributed by atoms with Crippen molar-refractivity contribution in [3.05, 3.63) is 83.9 Å². The second kappa shape index (κ2) is 9.14. The van der Waals surface area contributed by atoms with Crippen LogP contribution in [0.5, 0.6) is 5.75 Å². The van der Waals surface area contributed by atoms with Crippen molar-refractivity contribution in [1.82, 2.24) is 0 Å². The summed E-state index contributed by atoms with van der Waals surface area (Å²) in [5, 5.41) is 2.92. The zero-order chi connectivity index (χ0) is 24.5. The number of rotatable bonds is 5. The van der Waals surface area contributed by atoms with E-state index < -0.39 is 16.1 Å². The first kappa shape index (κ1) is 23.8. The number of carbonyl (C=O) groups excluding carboxylic acids is 1. The Morgan fingerprint density at radius 1 is 1.03 bits per heavy atom. The van der Waals surface area contributed by atoms with Crippen molar-refractivity contribution in [2.75, 3.05) is 16.2 Å². The molecule has 1 N–H and O–H groups in total. The molecule has 3 aromatic carbocycles. The Labute approximate surface area is 201 Å². The highest BCUT2D eigenvalue weighted by Crippen LogP contribution is 2.40. The van der Waals surface area contributed by atoms with Gasteiger partial charge in [-0.25, -0.2) is 8.42 Å². The molecule has 7 heteroatoms. The van der Waals surface area contributed by atoms with Crippen molar-refractivity contribution >= 4 is 27.3 Å². The third-order valence-corrected chi connectivity index (χ3v) is 7.77. The SMILES string of the molecule is CCc1ccccc1NC(=O)[C@H]1CN(S(=O)(=O)c2ccccc2)c2cc(C(C)(C)C)ccc2O1. The number of ether oxygens (including phenoxy) is 1. The Hall–Kier alpha value is -3.32. The normalized spacial score (nSPS) is 15.9. The van der Waals surface area contributed by atoms with Gasteiger partial charge in [0.1, 0.15) is 5.75 Å². The van der Waals surface area contributed by atoms with E-state index in [0.717, 1.165) is 17.5 Å². The standard InChI is InChI=1S/C27H30N2O4S/c1-5-19-11-9-10-14-22(19)28-26(30)25-18-29(34(31,32)21-12-7-6-8-13-21)23-17-20(27(2,3)4)15-16-24(23)33-25/h6-17,25H,5,18H2,1-4H3,(H,28,30)/t25-/m1/s1. The molecule has 0 fully saturated rings. The molecule has 1 heterocycles. The molecular weight excluding hydrogens is 448 g/mol. The van der Waals surface area contributed by atoms with Gasteiger partial charge in [-0.05, 0) is 53.3 Å². The number of amides is 1. The number of nitrogens with one attached hydrogen (secondary N) is 1. The van der Waals surface area contributed by atoms with Crippen LogP contribution in [-0.2, 0) is 26.7 Å². The number of aryl methyl sites for hydroxylation is 1. The van der Waals surface area contributed by atoms with Gasteiger partial charge in [0.05, 0.1) is 17.1 Å². The monoisotopic (exact) mass is 478 g/mol. The molecule has 4 rings (SSSR count). The number of benzene rings is 3. The summed E-state index contributed by atoms with van der Waals surface area (Å²) in [6, 6.07) is 21.3. The maximum absolute atomic E-state index is 13.7. The molecule has 0 spiro atoms. The molecule has 1 aliphatic rings. The number of carbonyl (C=O) groups is 1. The minimum Gasteiger partial charge on any atom is -0.476 e. The van der Waals surface area contributed by atoms with Crippen LogP contribution in [0.25, 0.3) is 0 Å². The average molecular weight is 479 g/mol. The van der Waals surface area contributed by atoms with Crippen molar-refractivity contribution < 1.29 is 17.9 Å². The minimum atomic E-state index is -3.92. The second-order valence-corrected chi connectivity index (χ2v) is 11.3. The molecule has 1 aliphatic heterocycles. The summed E-state index contributed by atoms with van der Waals surface area (Å²) in [7, 11) is -3.92. The van der Waals surface area contributed by atoms with Crippen molar-refractivity contribution in [3.63, 3.8) is 0 Å². The van der Waals surface area contributed by atoms with E-state index in [4.69, 9.17) is 4.74 Å². The van der Waals surface area contributed by atoms with Gasteiger partial charge in [-0.3, -0.25) is 9.10 Å². The summed E-state index contributed by atoms with van der Waals surface area (Å²) in [5.74, 6) is -0.0256. The molecule has 178 valence electrons. The number of nitrogens with zero attached hydrogens (tertiary/aromatic N) is 1. The van der Waals surface area contributed by atoms with E-state index in [-0.39, 0.29) is 22.8 Å². The number of hydrogen-bond acceptors (Lipinski definition) is 4. The highest BCUT2D eigenvalue weighted by Gasteiger charge is 2.38. The molecule has 0 bridgehead atoms. The van der Waals surface area contributed by atoms with Gasteiger partial charge >= 0.3 is 0 Å². The maximum Gasteiger partial charge on any atom is 0.267 e. The third-order valence-electron chi connectivity index (χ3n) is 5.97. The van der Waals surface area contributed by atoms with Crippen LogP contribution in [-0.4, -0.2) is 27.0 Å². The smallest absolute Gasteiger partial charge is 0.267 e. The van der Waals surface area contributed by atoms with Crippen molar-refractivity contribution in [2.24, 2.45) is 0 Å². The highest BCUT2D eigenvalue weighted by atomic mass is 32.2. The van der Waals surface area contributed by atoms with Crippen LogP contribution in [0.15, 0.2) is 77.7 Å². The van der Waals surface area contributed by atoms with Crippen LogP contribution >= 0.6 is 0 Å². The summed E-state index contributed by atoms with van der Waals surface area (Å²) >= 11 is 0. The number of para-hydroxylation sites is 1. The zero-order valence-corrected chi connectivity index (χ0v) is 20.7. The van der Waals surface area contributed by atoms with Crippen LogP contribution in [0.1, 0.15) is 38.8 Å². The first-order valence-electron chi connectivity index (χ1n) is 11.4. The lowest BCUT2D eigenvalue weighted by Crippen LogP contribution is -2.49. The van der Waals surface area contributed by atoms with Gasteiger partial charge in [0.15, 0.2) is 6.10 Å². The molecule has 0 radical (unpaired) electrons. The molecule has 3 aromatic rings. The summed E-state index contributed by atoms with van der Waals surface area (Å²) < 4.78 is 34.7. The third kappa shape index (κ3) is 4.66. The summed E-state index contributed by atoms with van der Waals surface area (Å²) in [4.78, 5) is 13.4. The van der Waals surface area contributed by atoms with E-state index >= 15 is 0 Å². The van der Waals surface area contributed by atoms with Crippen LogP contribution in [0.3, 0.4) is 0 Å². The lowest BCUT2D eigenvalue weighted by Gasteiger charge is -2.36. The summed E-state index contributed by atoms with van der Waals surface area (Å²) in [5.41, 5.74) is 2.92. The molecule has 0 aliphatic carbocycles. The Morgan fingerprint density at radius 2 is 1.71 bits per heavy atom. The Balaban J connectivity index is 1.74. The fraction of sp³-hybridized carbons (Fsp3) is 0.296. The molecule has 0 saturated heterocycles. The highest BCUT2D eigenvalue weighted by molar-refractivity contribution is 7.92. The number of hydrogen-bond donors (Lipinski definition) is 1. The predicted octanol–water partition coefficient (Wildman–Crippen LogP) is 5.14. The topological polar surface area (TPSA) is 75.7 Å². The molecule has 0 saturated carbocycles. The van der Waals surface area contributed by atoms with Crippen LogP contribution < -0.4 is 14.4 Å². The van der Waals surface area contributed by atoms with E-state index in [2.05, 4.69) is 26.1 Å². The van der Waals surface area contributed by atoms with E-state index in [1.54, 1.807) is 36.4 Å². The van der Waals surface area contributed by atoms with Gasteiger partial charge in [-0.2, -0.15) is 0 Å². The van der Waals surface area contributed by atoms with Crippen molar-refractivity contribution in [1.29, 1.82) is 0 Å². The minimum absolute atomic E-state index is 0.127. The number of fused-ring (bicyclic) bond motifs is 1. The molecule has 34 heavy (non-hydrogen) atoms. The van der Waals surface area contributed by atoms with Crippen LogP contribution in [0.2, 0.25) is 0 Å². The van der Waals surface area contributed by atoms with Gasteiger partial charge in [0.2, 0.25) is 0 Å². The van der Waals surface area contributed by atoms with Gasteiger partial charge in [-0.15, -0.1) is 0 Å². The number of sulfonamides is 1. The van der Waals surface area contributed by atoms with Crippen LogP contribution in [0.4, 0.5) is 11.4 Å². The zero-order valence-electron chi connectivity index (χ0n) is 19.9. The fourth-order valence-electron chi connectivity index (χ4n) is 3.97. The molecule has 1 amide bonds. The van der Waals surface area contributed by atoms with Gasteiger partial charge in [-0.1, -0.05) is 70.2 Å². The summed E-state index contributed by atoms with van der Waals surface area (Å²) in [6.45, 7) is 8.08. The van der Waals surface area contributed by atoms with Crippen molar-refractivity contribution in [2.45, 2.75) is 50.5 Å². The van der Waals surface area contributed by atoms with E-state index in [9.17, 15) is 13.2 Å². The molecule has 6 nitrogen and oxygen atoms in total. The molecular formula is C27H30N2O4S. The van der Waals surface area contributed by atoms with Crippen molar-refractivity contribution in [3.8, 4) is 5.75 Å².